The largest absolute Gasteiger partial charge is 0.370 e. The minimum Gasteiger partial charge on any atom is -0.370 e. The van der Waals surface area contributed by atoms with E-state index in [1.807, 2.05) is 0 Å². The van der Waals surface area contributed by atoms with Crippen molar-refractivity contribution in [1.29, 1.82) is 0 Å². The quantitative estimate of drug-likeness (QED) is 0.421. The third-order valence-corrected chi connectivity index (χ3v) is 3.60. The molecule has 0 amide bonds. The van der Waals surface area contributed by atoms with Gasteiger partial charge in [0.25, 0.3) is 0 Å². The Balaban J connectivity index is 2.27. The van der Waals surface area contributed by atoms with Crippen molar-refractivity contribution in [3.8, 4) is 0 Å². The molecule has 0 unspecified atom stereocenters. The zero-order valence-corrected chi connectivity index (χ0v) is 8.94. The second kappa shape index (κ2) is 4.00. The molecule has 4 N–H and O–H groups in total. The van der Waals surface area contributed by atoms with Gasteiger partial charge in [-0.1, -0.05) is 6.42 Å². The van der Waals surface area contributed by atoms with Crippen molar-refractivity contribution in [1.82, 2.24) is 0 Å². The van der Waals surface area contributed by atoms with Gasteiger partial charge in [0.15, 0.2) is 5.96 Å². The Morgan fingerprint density at radius 3 is 2.79 bits per heavy atom. The summed E-state index contributed by atoms with van der Waals surface area (Å²) in [6, 6.07) is 2.13. The summed E-state index contributed by atoms with van der Waals surface area (Å²) >= 11 is 1.73. The van der Waals surface area contributed by atoms with Gasteiger partial charge in [0, 0.05) is 4.88 Å². The number of aliphatic imine (C=N–C) groups is 1. The van der Waals surface area contributed by atoms with Crippen LogP contribution in [0.15, 0.2) is 11.1 Å². The van der Waals surface area contributed by atoms with Crippen LogP contribution in [0.25, 0.3) is 0 Å². The monoisotopic (exact) mass is 209 g/mol. The third kappa shape index (κ3) is 2.07. The van der Waals surface area contributed by atoms with E-state index in [1.165, 1.54) is 42.5 Å². The zero-order valence-electron chi connectivity index (χ0n) is 8.12. The molecule has 0 saturated heterocycles. The molecule has 76 valence electrons. The van der Waals surface area contributed by atoms with E-state index in [0.717, 1.165) is 5.00 Å². The molecule has 0 saturated carbocycles. The molecule has 1 heterocycles. The van der Waals surface area contributed by atoms with Gasteiger partial charge in [-0.25, -0.2) is 4.99 Å². The fourth-order valence-corrected chi connectivity index (χ4v) is 2.98. The Kier molecular flexibility index (Phi) is 2.72. The van der Waals surface area contributed by atoms with Gasteiger partial charge in [-0.15, -0.1) is 11.3 Å². The molecule has 0 aromatic carbocycles. The normalized spacial score (nSPS) is 15.7. The van der Waals surface area contributed by atoms with E-state index in [9.17, 15) is 0 Å². The molecule has 1 aliphatic carbocycles. The lowest BCUT2D eigenvalue weighted by atomic mass is 10.1. The number of hydrogen-bond donors (Lipinski definition) is 2. The van der Waals surface area contributed by atoms with Crippen LogP contribution in [0.3, 0.4) is 0 Å². The van der Waals surface area contributed by atoms with Gasteiger partial charge in [-0.2, -0.15) is 0 Å². The molecule has 0 fully saturated rings. The number of thiophene rings is 1. The Bertz CT molecular complexity index is 327. The van der Waals surface area contributed by atoms with E-state index in [1.54, 1.807) is 11.3 Å². The molecule has 3 nitrogen and oxygen atoms in total. The highest BCUT2D eigenvalue weighted by Gasteiger charge is 2.11. The molecule has 1 aromatic heterocycles. The maximum absolute atomic E-state index is 5.35. The first-order valence-electron chi connectivity index (χ1n) is 4.97. The molecule has 0 aliphatic heterocycles. The molecule has 0 atom stereocenters. The predicted molar refractivity (Wildman–Crippen MR) is 61.0 cm³/mol. The van der Waals surface area contributed by atoms with Crippen LogP contribution in [-0.4, -0.2) is 5.96 Å². The summed E-state index contributed by atoms with van der Waals surface area (Å²) in [6.45, 7) is 0. The lowest BCUT2D eigenvalue weighted by Crippen LogP contribution is -2.21. The van der Waals surface area contributed by atoms with Crippen molar-refractivity contribution in [2.24, 2.45) is 16.5 Å². The first-order valence-corrected chi connectivity index (χ1v) is 5.78. The second-order valence-corrected chi connectivity index (χ2v) is 4.75. The first-order chi connectivity index (χ1) is 6.75. The Labute approximate surface area is 87.8 Å². The smallest absolute Gasteiger partial charge is 0.191 e. The van der Waals surface area contributed by atoms with Gasteiger partial charge < -0.3 is 11.5 Å². The third-order valence-electron chi connectivity index (χ3n) is 2.47. The van der Waals surface area contributed by atoms with Crippen LogP contribution < -0.4 is 11.5 Å². The average Bonchev–Trinajstić information content (AvgIpc) is 2.34. The molecule has 4 heteroatoms. The SMILES string of the molecule is NC(N)=Nc1cc2c(s1)CCCCC2. The molecular weight excluding hydrogens is 194 g/mol. The number of rotatable bonds is 1. The lowest BCUT2D eigenvalue weighted by molar-refractivity contribution is 0.713. The van der Waals surface area contributed by atoms with Crippen LogP contribution in [0, 0.1) is 0 Å². The molecule has 1 aromatic rings. The van der Waals surface area contributed by atoms with Gasteiger partial charge in [-0.05, 0) is 37.3 Å². The summed E-state index contributed by atoms with van der Waals surface area (Å²) in [7, 11) is 0. The van der Waals surface area contributed by atoms with Gasteiger partial charge in [0.05, 0.1) is 0 Å². The molecule has 0 spiro atoms. The Morgan fingerprint density at radius 2 is 2.00 bits per heavy atom. The van der Waals surface area contributed by atoms with Gasteiger partial charge in [-0.3, -0.25) is 0 Å². The van der Waals surface area contributed by atoms with Crippen molar-refractivity contribution in [2.45, 2.75) is 32.1 Å². The number of guanidine groups is 1. The lowest BCUT2D eigenvalue weighted by Gasteiger charge is -1.92. The molecule has 0 radical (unpaired) electrons. The highest BCUT2D eigenvalue weighted by molar-refractivity contribution is 7.16. The Hall–Kier alpha value is -1.03. The van der Waals surface area contributed by atoms with Crippen LogP contribution in [0.4, 0.5) is 5.00 Å². The minimum absolute atomic E-state index is 0.154. The maximum Gasteiger partial charge on any atom is 0.191 e. The molecular formula is C10H15N3S. The minimum atomic E-state index is 0.154. The number of nitrogens with two attached hydrogens (primary N) is 2. The van der Waals surface area contributed by atoms with Crippen molar-refractivity contribution in [3.63, 3.8) is 0 Å². The van der Waals surface area contributed by atoms with E-state index in [0.29, 0.717) is 0 Å². The topological polar surface area (TPSA) is 64.4 Å². The summed E-state index contributed by atoms with van der Waals surface area (Å²) in [4.78, 5) is 5.56. The number of nitrogens with zero attached hydrogens (tertiary/aromatic N) is 1. The summed E-state index contributed by atoms with van der Waals surface area (Å²) in [5, 5.41) is 0.955. The summed E-state index contributed by atoms with van der Waals surface area (Å²) in [5.74, 6) is 0.154. The Morgan fingerprint density at radius 1 is 1.21 bits per heavy atom. The number of hydrogen-bond acceptors (Lipinski definition) is 2. The van der Waals surface area contributed by atoms with Crippen LogP contribution in [-0.2, 0) is 12.8 Å². The summed E-state index contributed by atoms with van der Waals surface area (Å²) < 4.78 is 0. The summed E-state index contributed by atoms with van der Waals surface area (Å²) in [6.07, 6.45) is 6.32. The average molecular weight is 209 g/mol. The highest BCUT2D eigenvalue weighted by atomic mass is 32.1. The molecule has 14 heavy (non-hydrogen) atoms. The van der Waals surface area contributed by atoms with Crippen molar-refractivity contribution in [3.05, 3.63) is 16.5 Å². The van der Waals surface area contributed by atoms with E-state index >= 15 is 0 Å². The number of aryl methyl sites for hydroxylation is 2. The predicted octanol–water partition coefficient (Wildman–Crippen LogP) is 1.92. The fourth-order valence-electron chi connectivity index (χ4n) is 1.83. The molecule has 0 bridgehead atoms. The van der Waals surface area contributed by atoms with Crippen LogP contribution in [0.5, 0.6) is 0 Å². The summed E-state index contributed by atoms with van der Waals surface area (Å²) in [5.41, 5.74) is 12.1. The first kappa shape index (κ1) is 9.52. The van der Waals surface area contributed by atoms with E-state index in [2.05, 4.69) is 11.1 Å². The van der Waals surface area contributed by atoms with Crippen LogP contribution in [0.1, 0.15) is 29.7 Å². The zero-order chi connectivity index (χ0) is 9.97. The van der Waals surface area contributed by atoms with Crippen molar-refractivity contribution >= 4 is 22.3 Å². The van der Waals surface area contributed by atoms with Crippen molar-refractivity contribution < 1.29 is 0 Å². The second-order valence-electron chi connectivity index (χ2n) is 3.63. The van der Waals surface area contributed by atoms with Gasteiger partial charge >= 0.3 is 0 Å². The van der Waals surface area contributed by atoms with E-state index < -0.39 is 0 Å². The molecule has 1 aliphatic rings. The van der Waals surface area contributed by atoms with Gasteiger partial charge in [0.1, 0.15) is 5.00 Å². The standard InChI is InChI=1S/C10H15N3S/c11-10(12)13-9-6-7-4-2-1-3-5-8(7)14-9/h6H,1-5H2,(H4,11,12,13). The maximum atomic E-state index is 5.35. The van der Waals surface area contributed by atoms with Crippen LogP contribution >= 0.6 is 11.3 Å². The fraction of sp³-hybridized carbons (Fsp3) is 0.500. The highest BCUT2D eigenvalue weighted by Crippen LogP contribution is 2.33. The van der Waals surface area contributed by atoms with E-state index in [4.69, 9.17) is 11.5 Å². The number of fused-ring (bicyclic) bond motifs is 1. The van der Waals surface area contributed by atoms with E-state index in [-0.39, 0.29) is 5.96 Å². The van der Waals surface area contributed by atoms with Crippen LogP contribution in [0.2, 0.25) is 0 Å². The van der Waals surface area contributed by atoms with Gasteiger partial charge in [0.2, 0.25) is 0 Å². The molecule has 2 rings (SSSR count). The van der Waals surface area contributed by atoms with Crippen molar-refractivity contribution in [2.75, 3.05) is 0 Å².